The van der Waals surface area contributed by atoms with Gasteiger partial charge in [0.1, 0.15) is 0 Å². The van der Waals surface area contributed by atoms with Gasteiger partial charge in [0.25, 0.3) is 0 Å². The molecular weight excluding hydrogens is 264 g/mol. The number of hydrogen-bond donors (Lipinski definition) is 0. The average Bonchev–Trinajstić information content (AvgIpc) is 2.39. The Bertz CT molecular complexity index is 308. The molecule has 6 heteroatoms. The summed E-state index contributed by atoms with van der Waals surface area (Å²) in [4.78, 5) is 35.4. The fourth-order valence-electron chi connectivity index (χ4n) is 2.00. The molecule has 20 heavy (non-hydrogen) atoms. The predicted octanol–water partition coefficient (Wildman–Crippen LogP) is 1.71. The van der Waals surface area contributed by atoms with E-state index in [0.717, 1.165) is 6.42 Å². The second kappa shape index (κ2) is 10.2. The van der Waals surface area contributed by atoms with Crippen LogP contribution in [0.25, 0.3) is 0 Å². The quantitative estimate of drug-likeness (QED) is 0.365. The van der Waals surface area contributed by atoms with Crippen molar-refractivity contribution < 1.29 is 28.6 Å². The summed E-state index contributed by atoms with van der Waals surface area (Å²) in [6.45, 7) is 5.58. The summed E-state index contributed by atoms with van der Waals surface area (Å²) in [6, 6.07) is 0. The van der Waals surface area contributed by atoms with Crippen molar-refractivity contribution in [3.8, 4) is 0 Å². The molecule has 0 amide bonds. The fourth-order valence-corrected chi connectivity index (χ4v) is 2.00. The summed E-state index contributed by atoms with van der Waals surface area (Å²) in [5.41, 5.74) is 0. The van der Waals surface area contributed by atoms with Gasteiger partial charge in [0.15, 0.2) is 5.92 Å². The lowest BCUT2D eigenvalue weighted by Crippen LogP contribution is -2.35. The summed E-state index contributed by atoms with van der Waals surface area (Å²) in [7, 11) is 1.27. The van der Waals surface area contributed by atoms with Crippen molar-refractivity contribution in [2.24, 2.45) is 11.8 Å². The molecule has 0 heterocycles. The van der Waals surface area contributed by atoms with Crippen LogP contribution in [-0.4, -0.2) is 38.2 Å². The van der Waals surface area contributed by atoms with Crippen molar-refractivity contribution in [1.29, 1.82) is 0 Å². The minimum Gasteiger partial charge on any atom is -0.469 e. The maximum absolute atomic E-state index is 12.0. The molecule has 0 aliphatic carbocycles. The van der Waals surface area contributed by atoms with E-state index in [-0.39, 0.29) is 19.6 Å². The Hall–Kier alpha value is -1.59. The van der Waals surface area contributed by atoms with E-state index >= 15 is 0 Å². The van der Waals surface area contributed by atoms with Gasteiger partial charge in [-0.2, -0.15) is 0 Å². The van der Waals surface area contributed by atoms with E-state index in [2.05, 4.69) is 4.74 Å². The van der Waals surface area contributed by atoms with Gasteiger partial charge in [-0.25, -0.2) is 0 Å². The van der Waals surface area contributed by atoms with Crippen molar-refractivity contribution in [3.63, 3.8) is 0 Å². The Morgan fingerprint density at radius 2 is 1.45 bits per heavy atom. The molecule has 0 aliphatic rings. The highest BCUT2D eigenvalue weighted by Gasteiger charge is 2.38. The molecular formula is C14H24O6. The first-order valence-corrected chi connectivity index (χ1v) is 6.91. The van der Waals surface area contributed by atoms with Gasteiger partial charge in [0.2, 0.25) is 0 Å². The molecule has 0 spiro atoms. The summed E-state index contributed by atoms with van der Waals surface area (Å²) in [6.07, 6.45) is 1.26. The zero-order valence-corrected chi connectivity index (χ0v) is 12.6. The van der Waals surface area contributed by atoms with Gasteiger partial charge < -0.3 is 14.2 Å². The maximum atomic E-state index is 12.0. The molecule has 0 radical (unpaired) electrons. The average molecular weight is 288 g/mol. The van der Waals surface area contributed by atoms with Gasteiger partial charge in [-0.1, -0.05) is 13.3 Å². The predicted molar refractivity (Wildman–Crippen MR) is 71.8 cm³/mol. The largest absolute Gasteiger partial charge is 0.469 e. The summed E-state index contributed by atoms with van der Waals surface area (Å²) < 4.78 is 14.5. The van der Waals surface area contributed by atoms with Gasteiger partial charge >= 0.3 is 17.9 Å². The zero-order valence-electron chi connectivity index (χ0n) is 12.6. The molecule has 116 valence electrons. The summed E-state index contributed by atoms with van der Waals surface area (Å²) in [5.74, 6) is -3.29. The van der Waals surface area contributed by atoms with Crippen LogP contribution in [-0.2, 0) is 28.6 Å². The fraction of sp³-hybridized carbons (Fsp3) is 0.786. The minimum absolute atomic E-state index is 0.00731. The maximum Gasteiger partial charge on any atom is 0.320 e. The van der Waals surface area contributed by atoms with Gasteiger partial charge in [-0.15, -0.1) is 0 Å². The van der Waals surface area contributed by atoms with Crippen LogP contribution in [0.3, 0.4) is 0 Å². The number of ether oxygens (including phenoxy) is 3. The Morgan fingerprint density at radius 1 is 0.950 bits per heavy atom. The van der Waals surface area contributed by atoms with Crippen LogP contribution in [0.1, 0.15) is 40.0 Å². The number of hydrogen-bond acceptors (Lipinski definition) is 6. The topological polar surface area (TPSA) is 78.9 Å². The van der Waals surface area contributed by atoms with Crippen molar-refractivity contribution >= 4 is 17.9 Å². The Labute approximate surface area is 119 Å². The molecule has 0 rings (SSSR count). The van der Waals surface area contributed by atoms with Crippen LogP contribution < -0.4 is 0 Å². The van der Waals surface area contributed by atoms with E-state index in [0.29, 0.717) is 6.42 Å². The molecule has 0 aromatic carbocycles. The van der Waals surface area contributed by atoms with E-state index in [9.17, 15) is 14.4 Å². The number of esters is 3. The van der Waals surface area contributed by atoms with Crippen LogP contribution in [0.2, 0.25) is 0 Å². The van der Waals surface area contributed by atoms with Crippen molar-refractivity contribution in [1.82, 2.24) is 0 Å². The number of rotatable bonds is 9. The number of carbonyl (C=O) groups excluding carboxylic acids is 3. The lowest BCUT2D eigenvalue weighted by molar-refractivity contribution is -0.165. The van der Waals surface area contributed by atoms with Gasteiger partial charge in [0.05, 0.1) is 20.3 Å². The molecule has 6 nitrogen and oxygen atoms in total. The van der Waals surface area contributed by atoms with E-state index in [4.69, 9.17) is 9.47 Å². The van der Waals surface area contributed by atoms with Crippen molar-refractivity contribution in [2.75, 3.05) is 20.3 Å². The van der Waals surface area contributed by atoms with E-state index in [1.165, 1.54) is 7.11 Å². The Morgan fingerprint density at radius 3 is 1.80 bits per heavy atom. The summed E-state index contributed by atoms with van der Waals surface area (Å²) >= 11 is 0. The number of carbonyl (C=O) groups is 3. The van der Waals surface area contributed by atoms with Crippen LogP contribution in [0, 0.1) is 11.8 Å². The molecule has 1 unspecified atom stereocenters. The van der Waals surface area contributed by atoms with Gasteiger partial charge in [-0.05, 0) is 26.2 Å². The van der Waals surface area contributed by atoms with Crippen LogP contribution in [0.4, 0.5) is 0 Å². The smallest absolute Gasteiger partial charge is 0.320 e. The van der Waals surface area contributed by atoms with Gasteiger partial charge in [-0.3, -0.25) is 14.4 Å². The van der Waals surface area contributed by atoms with Crippen LogP contribution in [0.5, 0.6) is 0 Å². The monoisotopic (exact) mass is 288 g/mol. The highest BCUT2D eigenvalue weighted by molar-refractivity contribution is 5.95. The normalized spacial score (nSPS) is 11.8. The SMILES string of the molecule is CCCC(CC(=O)OC)C(C(=O)OCC)C(=O)OCC. The molecule has 0 fully saturated rings. The van der Waals surface area contributed by atoms with Crippen LogP contribution in [0.15, 0.2) is 0 Å². The molecule has 0 saturated carbocycles. The molecule has 1 atom stereocenters. The second-order valence-electron chi connectivity index (χ2n) is 4.31. The zero-order chi connectivity index (χ0) is 15.5. The molecule has 0 bridgehead atoms. The molecule has 0 N–H and O–H groups in total. The second-order valence-corrected chi connectivity index (χ2v) is 4.31. The minimum atomic E-state index is -1.08. The molecule has 0 saturated heterocycles. The first-order valence-electron chi connectivity index (χ1n) is 6.91. The number of methoxy groups -OCH3 is 1. The van der Waals surface area contributed by atoms with E-state index in [1.807, 2.05) is 6.92 Å². The van der Waals surface area contributed by atoms with Crippen molar-refractivity contribution in [2.45, 2.75) is 40.0 Å². The first kappa shape index (κ1) is 18.4. The molecule has 0 aliphatic heterocycles. The third kappa shape index (κ3) is 6.04. The first-order chi connectivity index (χ1) is 9.51. The Balaban J connectivity index is 5.12. The molecule has 0 aromatic heterocycles. The van der Waals surface area contributed by atoms with Crippen LogP contribution >= 0.6 is 0 Å². The molecule has 0 aromatic rings. The summed E-state index contributed by atoms with van der Waals surface area (Å²) in [5, 5.41) is 0. The van der Waals surface area contributed by atoms with E-state index < -0.39 is 29.7 Å². The highest BCUT2D eigenvalue weighted by atomic mass is 16.6. The third-order valence-corrected chi connectivity index (χ3v) is 2.87. The standard InChI is InChI=1S/C14H24O6/c1-5-8-10(9-11(15)18-4)12(13(16)19-6-2)14(17)20-7-3/h10,12H,5-9H2,1-4H3. The lowest BCUT2D eigenvalue weighted by atomic mass is 9.85. The lowest BCUT2D eigenvalue weighted by Gasteiger charge is -2.22. The van der Waals surface area contributed by atoms with Crippen molar-refractivity contribution in [3.05, 3.63) is 0 Å². The highest BCUT2D eigenvalue weighted by Crippen LogP contribution is 2.25. The van der Waals surface area contributed by atoms with E-state index in [1.54, 1.807) is 13.8 Å². The van der Waals surface area contributed by atoms with Gasteiger partial charge in [0, 0.05) is 6.42 Å². The Kier molecular flexibility index (Phi) is 9.41. The third-order valence-electron chi connectivity index (χ3n) is 2.87.